The summed E-state index contributed by atoms with van der Waals surface area (Å²) in [4.78, 5) is 21.2. The highest BCUT2D eigenvalue weighted by Gasteiger charge is 2.00. The van der Waals surface area contributed by atoms with E-state index in [1.54, 1.807) is 0 Å². The minimum atomic E-state index is -0.659. The third-order valence-corrected chi connectivity index (χ3v) is 1.11. The molecule has 0 saturated carbocycles. The SMILES string of the molecule is C=CC(=O)OCCNC(=O)OCCO. The van der Waals surface area contributed by atoms with E-state index in [-0.39, 0.29) is 26.4 Å². The Kier molecular flexibility index (Phi) is 7.16. The first-order valence-electron chi connectivity index (χ1n) is 4.01. The van der Waals surface area contributed by atoms with Crippen molar-refractivity contribution in [1.82, 2.24) is 5.32 Å². The molecule has 0 spiro atoms. The Balaban J connectivity index is 3.31. The van der Waals surface area contributed by atoms with Gasteiger partial charge < -0.3 is 19.9 Å². The van der Waals surface area contributed by atoms with Crippen LogP contribution in [0.1, 0.15) is 0 Å². The smallest absolute Gasteiger partial charge is 0.407 e. The first-order chi connectivity index (χ1) is 6.70. The van der Waals surface area contributed by atoms with Crippen molar-refractivity contribution in [3.63, 3.8) is 0 Å². The van der Waals surface area contributed by atoms with Gasteiger partial charge in [-0.3, -0.25) is 0 Å². The fraction of sp³-hybridized carbons (Fsp3) is 0.500. The Labute approximate surface area is 81.5 Å². The Morgan fingerprint density at radius 2 is 2.07 bits per heavy atom. The van der Waals surface area contributed by atoms with Gasteiger partial charge in [0, 0.05) is 6.08 Å². The number of aliphatic hydroxyl groups is 1. The predicted molar refractivity (Wildman–Crippen MR) is 47.6 cm³/mol. The molecule has 1 amide bonds. The number of hydrogen-bond acceptors (Lipinski definition) is 5. The summed E-state index contributed by atoms with van der Waals surface area (Å²) in [6.45, 7) is 3.13. The lowest BCUT2D eigenvalue weighted by atomic mass is 10.6. The number of hydrogen-bond donors (Lipinski definition) is 2. The van der Waals surface area contributed by atoms with E-state index >= 15 is 0 Å². The maximum absolute atomic E-state index is 10.7. The molecule has 0 aliphatic carbocycles. The topological polar surface area (TPSA) is 84.9 Å². The highest BCUT2D eigenvalue weighted by Crippen LogP contribution is 1.79. The van der Waals surface area contributed by atoms with Crippen LogP contribution in [-0.2, 0) is 14.3 Å². The first-order valence-corrected chi connectivity index (χ1v) is 4.01. The lowest BCUT2D eigenvalue weighted by Crippen LogP contribution is -2.29. The first kappa shape index (κ1) is 12.4. The Morgan fingerprint density at radius 3 is 2.64 bits per heavy atom. The molecule has 6 heteroatoms. The van der Waals surface area contributed by atoms with Gasteiger partial charge in [0.05, 0.1) is 13.2 Å². The highest BCUT2D eigenvalue weighted by atomic mass is 16.6. The van der Waals surface area contributed by atoms with Crippen molar-refractivity contribution in [3.8, 4) is 0 Å². The second kappa shape index (κ2) is 8.06. The standard InChI is InChI=1S/C8H13NO5/c1-2-7(11)13-5-3-9-8(12)14-6-4-10/h2,10H,1,3-6H2,(H,9,12). The van der Waals surface area contributed by atoms with Crippen LogP contribution in [0.4, 0.5) is 4.79 Å². The lowest BCUT2D eigenvalue weighted by Gasteiger charge is -2.05. The molecule has 80 valence electrons. The third-order valence-electron chi connectivity index (χ3n) is 1.11. The molecule has 0 atom stereocenters. The summed E-state index contributed by atoms with van der Waals surface area (Å²) >= 11 is 0. The fourth-order valence-electron chi connectivity index (χ4n) is 0.553. The predicted octanol–water partition coefficient (Wildman–Crippen LogP) is -0.566. The van der Waals surface area contributed by atoms with Crippen LogP contribution in [-0.4, -0.2) is 43.5 Å². The summed E-state index contributed by atoms with van der Waals surface area (Å²) in [5, 5.41) is 10.6. The monoisotopic (exact) mass is 203 g/mol. The number of rotatable bonds is 6. The van der Waals surface area contributed by atoms with Crippen molar-refractivity contribution in [1.29, 1.82) is 0 Å². The summed E-state index contributed by atoms with van der Waals surface area (Å²) in [6, 6.07) is 0. The summed E-state index contributed by atoms with van der Waals surface area (Å²) in [6.07, 6.45) is 0.373. The largest absolute Gasteiger partial charge is 0.461 e. The average Bonchev–Trinajstić information content (AvgIpc) is 2.21. The number of ether oxygens (including phenoxy) is 2. The summed E-state index contributed by atoms with van der Waals surface area (Å²) in [7, 11) is 0. The van der Waals surface area contributed by atoms with Gasteiger partial charge in [0.2, 0.25) is 0 Å². The van der Waals surface area contributed by atoms with Crippen molar-refractivity contribution in [2.45, 2.75) is 0 Å². The van der Waals surface area contributed by atoms with E-state index in [9.17, 15) is 9.59 Å². The number of carbonyl (C=O) groups is 2. The Morgan fingerprint density at radius 1 is 1.36 bits per heavy atom. The fourth-order valence-corrected chi connectivity index (χ4v) is 0.553. The number of alkyl carbamates (subject to hydrolysis) is 1. The molecular formula is C8H13NO5. The molecule has 6 nitrogen and oxygen atoms in total. The van der Waals surface area contributed by atoms with Crippen LogP contribution >= 0.6 is 0 Å². The second-order valence-corrected chi connectivity index (χ2v) is 2.16. The zero-order chi connectivity index (χ0) is 10.8. The molecule has 0 heterocycles. The minimum Gasteiger partial charge on any atom is -0.461 e. The van der Waals surface area contributed by atoms with Crippen LogP contribution in [0.2, 0.25) is 0 Å². The molecule has 0 aromatic rings. The van der Waals surface area contributed by atoms with E-state index in [0.717, 1.165) is 6.08 Å². The van der Waals surface area contributed by atoms with E-state index in [4.69, 9.17) is 5.11 Å². The van der Waals surface area contributed by atoms with E-state index < -0.39 is 12.1 Å². The zero-order valence-electron chi connectivity index (χ0n) is 7.69. The third kappa shape index (κ3) is 7.11. The van der Waals surface area contributed by atoms with Gasteiger partial charge in [0.1, 0.15) is 13.2 Å². The van der Waals surface area contributed by atoms with Crippen LogP contribution in [0.25, 0.3) is 0 Å². The second-order valence-electron chi connectivity index (χ2n) is 2.16. The van der Waals surface area contributed by atoms with Crippen LogP contribution in [0.5, 0.6) is 0 Å². The summed E-state index contributed by atoms with van der Waals surface area (Å²) < 4.78 is 9.03. The van der Waals surface area contributed by atoms with E-state index in [0.29, 0.717) is 0 Å². The summed E-state index contributed by atoms with van der Waals surface area (Å²) in [5.74, 6) is -0.546. The van der Waals surface area contributed by atoms with E-state index in [1.807, 2.05) is 0 Å². The molecule has 0 aliphatic heterocycles. The molecule has 14 heavy (non-hydrogen) atoms. The van der Waals surface area contributed by atoms with E-state index in [1.165, 1.54) is 0 Å². The van der Waals surface area contributed by atoms with Gasteiger partial charge in [-0.25, -0.2) is 9.59 Å². The quantitative estimate of drug-likeness (QED) is 0.343. The number of aliphatic hydroxyl groups excluding tert-OH is 1. The Bertz CT molecular complexity index is 204. The molecule has 0 bridgehead atoms. The van der Waals surface area contributed by atoms with Crippen LogP contribution < -0.4 is 5.32 Å². The minimum absolute atomic E-state index is 0.0546. The molecule has 0 fully saturated rings. The number of esters is 1. The van der Waals surface area contributed by atoms with Crippen LogP contribution in [0.15, 0.2) is 12.7 Å². The normalized spacial score (nSPS) is 8.93. The average molecular weight is 203 g/mol. The van der Waals surface area contributed by atoms with Crippen molar-refractivity contribution in [2.75, 3.05) is 26.4 Å². The van der Waals surface area contributed by atoms with E-state index in [2.05, 4.69) is 21.4 Å². The van der Waals surface area contributed by atoms with Gasteiger partial charge in [-0.1, -0.05) is 6.58 Å². The molecule has 2 N–H and O–H groups in total. The Hall–Kier alpha value is -1.56. The van der Waals surface area contributed by atoms with Crippen LogP contribution in [0.3, 0.4) is 0 Å². The molecule has 0 rings (SSSR count). The highest BCUT2D eigenvalue weighted by molar-refractivity contribution is 5.81. The molecule has 0 aromatic heterocycles. The maximum Gasteiger partial charge on any atom is 0.407 e. The molecule has 0 aromatic carbocycles. The van der Waals surface area contributed by atoms with Crippen molar-refractivity contribution < 1.29 is 24.2 Å². The van der Waals surface area contributed by atoms with Gasteiger partial charge in [0.25, 0.3) is 0 Å². The maximum atomic E-state index is 10.7. The zero-order valence-corrected chi connectivity index (χ0v) is 7.69. The van der Waals surface area contributed by atoms with Crippen molar-refractivity contribution in [2.24, 2.45) is 0 Å². The van der Waals surface area contributed by atoms with Gasteiger partial charge >= 0.3 is 12.1 Å². The van der Waals surface area contributed by atoms with Crippen LogP contribution in [0, 0.1) is 0 Å². The van der Waals surface area contributed by atoms with Gasteiger partial charge in [-0.05, 0) is 0 Å². The molecule has 0 saturated heterocycles. The molecule has 0 aliphatic rings. The summed E-state index contributed by atoms with van der Waals surface area (Å²) in [5.41, 5.74) is 0. The van der Waals surface area contributed by atoms with Gasteiger partial charge in [-0.15, -0.1) is 0 Å². The number of amides is 1. The molecule has 0 radical (unpaired) electrons. The van der Waals surface area contributed by atoms with Crippen molar-refractivity contribution >= 4 is 12.1 Å². The number of carbonyl (C=O) groups excluding carboxylic acids is 2. The van der Waals surface area contributed by atoms with Gasteiger partial charge in [-0.2, -0.15) is 0 Å². The lowest BCUT2D eigenvalue weighted by molar-refractivity contribution is -0.137. The number of nitrogens with one attached hydrogen (secondary N) is 1. The molecular weight excluding hydrogens is 190 g/mol. The molecule has 0 unspecified atom stereocenters. The van der Waals surface area contributed by atoms with Gasteiger partial charge in [0.15, 0.2) is 0 Å². The van der Waals surface area contributed by atoms with Crippen molar-refractivity contribution in [3.05, 3.63) is 12.7 Å².